The van der Waals surface area contributed by atoms with Gasteiger partial charge in [0.2, 0.25) is 116 Å². The predicted molar refractivity (Wildman–Crippen MR) is 236 cm³/mol. The Kier molecular flexibility index (Phi) is 24.5. The van der Waals surface area contributed by atoms with E-state index in [4.69, 9.17) is 52.8 Å². The van der Waals surface area contributed by atoms with E-state index in [2.05, 4.69) is 61.1 Å². The Bertz CT molecular complexity index is 2880. The van der Waals surface area contributed by atoms with Gasteiger partial charge >= 0.3 is 29.3 Å². The Hall–Kier alpha value is -7.31. The summed E-state index contributed by atoms with van der Waals surface area (Å²) in [4.78, 5) is 0. The minimum atomic E-state index is -2.70. The van der Waals surface area contributed by atoms with Gasteiger partial charge in [-0.15, -0.1) is 0 Å². The normalized spacial score (nSPS) is 10.9. The molecule has 0 aromatic heterocycles. The number of hydrogen-bond donors (Lipinski definition) is 10. The van der Waals surface area contributed by atoms with E-state index in [1.807, 2.05) is 12.1 Å². The van der Waals surface area contributed by atoms with Crippen LogP contribution in [0.1, 0.15) is 16.4 Å². The van der Waals surface area contributed by atoms with Crippen LogP contribution >= 0.6 is 12.6 Å². The average molecular weight is 1190 g/mol. The van der Waals surface area contributed by atoms with Crippen LogP contribution in [0.4, 0.5) is 87.8 Å². The van der Waals surface area contributed by atoms with Crippen LogP contribution < -0.4 is 18.6 Å². The Balaban J connectivity index is 0.000000264. The summed E-state index contributed by atoms with van der Waals surface area (Å²) in [5, 5.41) is 77.3. The van der Waals surface area contributed by atoms with Crippen molar-refractivity contribution in [3.05, 3.63) is 194 Å². The van der Waals surface area contributed by atoms with Gasteiger partial charge < -0.3 is 63.9 Å². The molecule has 7 aromatic rings. The molecular formula is C42H24B4F20O13S. The molecule has 1 unspecified atom stereocenters. The second kappa shape index (κ2) is 29.2. The Morgan fingerprint density at radius 2 is 0.562 bits per heavy atom. The number of rotatable bonds is 11. The fourth-order valence-corrected chi connectivity index (χ4v) is 6.12. The smallest absolute Gasteiger partial charge is 0.508 e. The lowest BCUT2D eigenvalue weighted by atomic mass is 9.98. The molecule has 0 aliphatic carbocycles. The summed E-state index contributed by atoms with van der Waals surface area (Å²) in [6, 6.07) is 22.1. The van der Waals surface area contributed by atoms with Gasteiger partial charge in [0.15, 0.2) is 23.0 Å². The maximum absolute atomic E-state index is 12.7. The summed E-state index contributed by atoms with van der Waals surface area (Å²) >= 11 is 4.77. The van der Waals surface area contributed by atoms with Crippen LogP contribution in [0.15, 0.2) is 66.7 Å². The van der Waals surface area contributed by atoms with Crippen molar-refractivity contribution in [3.63, 3.8) is 0 Å². The maximum Gasteiger partial charge on any atom is 0.707 e. The van der Waals surface area contributed by atoms with Crippen molar-refractivity contribution in [2.24, 2.45) is 0 Å². The van der Waals surface area contributed by atoms with Gasteiger partial charge in [-0.2, -0.15) is 47.8 Å². The van der Waals surface area contributed by atoms with E-state index in [-0.39, 0.29) is 5.25 Å². The van der Waals surface area contributed by atoms with Crippen LogP contribution in [0.2, 0.25) is 0 Å². The molecule has 7 rings (SSSR count). The largest absolute Gasteiger partial charge is 0.707 e. The fraction of sp³-hybridized carbons (Fsp3) is 0.0476. The van der Waals surface area contributed by atoms with E-state index in [1.54, 1.807) is 12.1 Å². The number of hydrogen-bond acceptors (Lipinski definition) is 14. The van der Waals surface area contributed by atoms with Gasteiger partial charge in [0.25, 0.3) is 0 Å². The zero-order valence-corrected chi connectivity index (χ0v) is 39.0. The molecule has 1 atom stereocenters. The van der Waals surface area contributed by atoms with Gasteiger partial charge in [0.05, 0.1) is 0 Å². The zero-order valence-electron chi connectivity index (χ0n) is 38.1. The maximum atomic E-state index is 12.7. The van der Waals surface area contributed by atoms with Crippen molar-refractivity contribution in [1.29, 1.82) is 0 Å². The van der Waals surface area contributed by atoms with E-state index in [1.165, 1.54) is 21.9 Å². The lowest BCUT2D eigenvalue weighted by Gasteiger charge is -2.14. The van der Waals surface area contributed by atoms with Gasteiger partial charge in [0, 0.05) is 5.25 Å². The highest BCUT2D eigenvalue weighted by molar-refractivity contribution is 7.80. The lowest BCUT2D eigenvalue weighted by Crippen LogP contribution is -2.23. The first kappa shape index (κ1) is 67.0. The topological polar surface area (TPSA) is 219 Å². The van der Waals surface area contributed by atoms with Crippen molar-refractivity contribution >= 4 is 52.7 Å². The van der Waals surface area contributed by atoms with E-state index in [0.29, 0.717) is 5.75 Å². The quantitative estimate of drug-likeness (QED) is 0.0198. The van der Waals surface area contributed by atoms with Gasteiger partial charge in [-0.25, -0.2) is 52.7 Å². The molecule has 0 saturated carbocycles. The molecular weight excluding hydrogens is 1170 g/mol. The van der Waals surface area contributed by atoms with Gasteiger partial charge in [-0.05, 0) is 40.5 Å². The Morgan fingerprint density at radius 1 is 0.325 bits per heavy atom. The van der Waals surface area contributed by atoms with Crippen LogP contribution in [0.3, 0.4) is 0 Å². The van der Waals surface area contributed by atoms with E-state index in [9.17, 15) is 92.9 Å². The van der Waals surface area contributed by atoms with Crippen LogP contribution in [-0.4, -0.2) is 74.6 Å². The number of thiol groups is 1. The second-order valence-corrected chi connectivity index (χ2v) is 15.0. The highest BCUT2D eigenvalue weighted by atomic mass is 32.1. The summed E-state index contributed by atoms with van der Waals surface area (Å²) in [5.41, 5.74) is 2.43. The van der Waals surface area contributed by atoms with Gasteiger partial charge in [-0.1, -0.05) is 54.6 Å². The van der Waals surface area contributed by atoms with Crippen LogP contribution in [-0.2, 0) is 6.42 Å². The van der Waals surface area contributed by atoms with Gasteiger partial charge in [0.1, 0.15) is 5.75 Å². The molecule has 0 heterocycles. The molecule has 0 aliphatic rings. The molecule has 80 heavy (non-hydrogen) atoms. The minimum absolute atomic E-state index is 0.144. The molecule has 38 heteroatoms. The lowest BCUT2D eigenvalue weighted by molar-refractivity contribution is 0.262. The van der Waals surface area contributed by atoms with E-state index in [0.717, 1.165) is 6.42 Å². The number of halogens is 20. The van der Waals surface area contributed by atoms with Crippen molar-refractivity contribution in [1.82, 2.24) is 0 Å². The molecule has 9 N–H and O–H groups in total. The first-order valence-electron chi connectivity index (χ1n) is 20.3. The van der Waals surface area contributed by atoms with Crippen LogP contribution in [0, 0.1) is 116 Å². The Morgan fingerprint density at radius 3 is 0.825 bits per heavy atom. The number of benzene rings is 7. The van der Waals surface area contributed by atoms with Gasteiger partial charge in [-0.3, -0.25) is 0 Å². The summed E-state index contributed by atoms with van der Waals surface area (Å²) in [6.45, 7) is 0. The SMILES string of the molecule is OB(O)Oc1c(F)c(F)c(F)c(F)c1F.OB(O)Oc1c(F)c(F)c(F)c(F)c1F.OB(O)Oc1c(F)c(F)c(F)c(F)c1F.OB(O)Oc1c(F)c(F)c(F)c(F)c1F.Oc1ccc(CC(S)c2cccc3ccccc23)cc1. The highest BCUT2D eigenvalue weighted by Gasteiger charge is 2.33. The number of aromatic hydroxyl groups is 1. The minimum Gasteiger partial charge on any atom is -0.508 e. The fourth-order valence-electron chi connectivity index (χ4n) is 5.68. The van der Waals surface area contributed by atoms with Crippen LogP contribution in [0.25, 0.3) is 10.8 Å². The van der Waals surface area contributed by atoms with Crippen molar-refractivity contribution in [2.75, 3.05) is 0 Å². The highest BCUT2D eigenvalue weighted by Crippen LogP contribution is 2.34. The molecule has 7 aromatic carbocycles. The van der Waals surface area contributed by atoms with Crippen molar-refractivity contribution in [3.8, 4) is 28.7 Å². The van der Waals surface area contributed by atoms with Crippen molar-refractivity contribution in [2.45, 2.75) is 11.7 Å². The molecule has 0 saturated heterocycles. The average Bonchev–Trinajstić information content (AvgIpc) is 3.42. The monoisotopic (exact) mass is 1190 g/mol. The molecule has 13 nitrogen and oxygen atoms in total. The molecule has 0 fully saturated rings. The van der Waals surface area contributed by atoms with Crippen molar-refractivity contribution < 1.29 is 152 Å². The first-order chi connectivity index (χ1) is 37.2. The summed E-state index contributed by atoms with van der Waals surface area (Å²) < 4.78 is 265. The van der Waals surface area contributed by atoms with E-state index >= 15 is 0 Å². The van der Waals surface area contributed by atoms with E-state index < -0.39 is 169 Å². The summed E-state index contributed by atoms with van der Waals surface area (Å²) in [5.74, 6) is -52.2. The predicted octanol–water partition coefficient (Wildman–Crippen LogP) is 7.68. The number of phenols is 1. The second-order valence-electron chi connectivity index (χ2n) is 14.3. The third-order valence-corrected chi connectivity index (χ3v) is 9.58. The third kappa shape index (κ3) is 16.6. The number of phenolic OH excluding ortho intramolecular Hbond substituents is 1. The Labute approximate surface area is 438 Å². The molecule has 0 radical (unpaired) electrons. The summed E-state index contributed by atoms with van der Waals surface area (Å²) in [7, 11) is -10.8. The number of fused-ring (bicyclic) bond motifs is 1. The zero-order chi connectivity index (χ0) is 60.9. The first-order valence-corrected chi connectivity index (χ1v) is 20.8. The van der Waals surface area contributed by atoms with Crippen LogP contribution in [0.5, 0.6) is 28.7 Å². The molecule has 428 valence electrons. The molecule has 0 aliphatic heterocycles. The molecule has 0 bridgehead atoms. The summed E-state index contributed by atoms with van der Waals surface area (Å²) in [6.07, 6.45) is 0.845. The molecule has 0 spiro atoms. The standard InChI is InChI=1S/C18H16OS.4C6H2BF5O3/c19-15-10-8-13(9-11-15)12-18(20)17-7-3-5-14-4-1-2-6-16(14)17;4*8-1-2(9)4(11)6(15-7(13)14)5(12)3(1)10/h1-11,18-20H,12H2;4*13-14H. The molecule has 0 amide bonds. The third-order valence-electron chi connectivity index (χ3n) is 9.12.